The van der Waals surface area contributed by atoms with Gasteiger partial charge in [0.25, 0.3) is 0 Å². The second-order valence-corrected chi connectivity index (χ2v) is 4.73. The highest BCUT2D eigenvalue weighted by atomic mass is 16.5. The van der Waals surface area contributed by atoms with Crippen LogP contribution in [-0.2, 0) is 13.6 Å². The van der Waals surface area contributed by atoms with Crippen molar-refractivity contribution in [2.45, 2.75) is 32.4 Å². The second kappa shape index (κ2) is 5.06. The number of hydrogen-bond donors (Lipinski definition) is 2. The molecule has 1 aromatic heterocycles. The minimum atomic E-state index is -0.210. The van der Waals surface area contributed by atoms with Crippen LogP contribution in [0.5, 0.6) is 5.88 Å². The lowest BCUT2D eigenvalue weighted by Crippen LogP contribution is -2.28. The molecule has 0 saturated heterocycles. The SMILES string of the molecule is COc1c(CNCC(O)C2CC2)c(C)nn1C. The first kappa shape index (κ1) is 12.4. The molecule has 0 spiro atoms. The van der Waals surface area contributed by atoms with E-state index < -0.39 is 0 Å². The lowest BCUT2D eigenvalue weighted by atomic mass is 10.2. The fourth-order valence-corrected chi connectivity index (χ4v) is 2.13. The van der Waals surface area contributed by atoms with Crippen LogP contribution >= 0.6 is 0 Å². The summed E-state index contributed by atoms with van der Waals surface area (Å²) in [7, 11) is 3.52. The number of aliphatic hydroxyl groups is 1. The smallest absolute Gasteiger partial charge is 0.216 e. The summed E-state index contributed by atoms with van der Waals surface area (Å²) >= 11 is 0. The molecule has 0 aromatic carbocycles. The Bertz CT molecular complexity index is 385. The van der Waals surface area contributed by atoms with Crippen molar-refractivity contribution in [1.82, 2.24) is 15.1 Å². The summed E-state index contributed by atoms with van der Waals surface area (Å²) in [5.74, 6) is 1.30. The first-order valence-corrected chi connectivity index (χ1v) is 6.08. The lowest BCUT2D eigenvalue weighted by Gasteiger charge is -2.11. The predicted octanol–water partition coefficient (Wildman–Crippen LogP) is 0.598. The summed E-state index contributed by atoms with van der Waals surface area (Å²) in [6.07, 6.45) is 2.12. The number of nitrogens with zero attached hydrogens (tertiary/aromatic N) is 2. The van der Waals surface area contributed by atoms with E-state index in [4.69, 9.17) is 4.74 Å². The van der Waals surface area contributed by atoms with E-state index in [9.17, 15) is 5.11 Å². The van der Waals surface area contributed by atoms with Crippen molar-refractivity contribution in [3.63, 3.8) is 0 Å². The van der Waals surface area contributed by atoms with E-state index in [0.29, 0.717) is 19.0 Å². The van der Waals surface area contributed by atoms with Gasteiger partial charge >= 0.3 is 0 Å². The summed E-state index contributed by atoms with van der Waals surface area (Å²) in [5.41, 5.74) is 2.04. The molecule has 1 heterocycles. The van der Waals surface area contributed by atoms with E-state index in [1.165, 1.54) is 0 Å². The normalized spacial score (nSPS) is 17.2. The van der Waals surface area contributed by atoms with Gasteiger partial charge in [-0.05, 0) is 25.7 Å². The zero-order valence-corrected chi connectivity index (χ0v) is 10.7. The molecule has 0 amide bonds. The topological polar surface area (TPSA) is 59.3 Å². The van der Waals surface area contributed by atoms with E-state index in [0.717, 1.165) is 30.0 Å². The maximum Gasteiger partial charge on any atom is 0.216 e. The molecule has 0 radical (unpaired) electrons. The highest BCUT2D eigenvalue weighted by Gasteiger charge is 2.29. The zero-order valence-electron chi connectivity index (χ0n) is 10.7. The number of ether oxygens (including phenoxy) is 1. The lowest BCUT2D eigenvalue weighted by molar-refractivity contribution is 0.148. The summed E-state index contributed by atoms with van der Waals surface area (Å²) in [5, 5.41) is 17.3. The number of nitrogens with one attached hydrogen (secondary N) is 1. The van der Waals surface area contributed by atoms with Gasteiger partial charge in [0.15, 0.2) is 0 Å². The van der Waals surface area contributed by atoms with Crippen LogP contribution in [0.1, 0.15) is 24.1 Å². The van der Waals surface area contributed by atoms with Gasteiger partial charge in [-0.2, -0.15) is 5.10 Å². The number of aliphatic hydroxyl groups excluding tert-OH is 1. The van der Waals surface area contributed by atoms with Crippen molar-refractivity contribution < 1.29 is 9.84 Å². The van der Waals surface area contributed by atoms with E-state index >= 15 is 0 Å². The Balaban J connectivity index is 1.89. The fourth-order valence-electron chi connectivity index (χ4n) is 2.13. The molecule has 17 heavy (non-hydrogen) atoms. The van der Waals surface area contributed by atoms with Gasteiger partial charge in [0.05, 0.1) is 24.5 Å². The minimum absolute atomic E-state index is 0.210. The second-order valence-electron chi connectivity index (χ2n) is 4.73. The minimum Gasteiger partial charge on any atom is -0.481 e. The Morgan fingerprint density at radius 2 is 2.29 bits per heavy atom. The molecule has 1 aliphatic rings. The summed E-state index contributed by atoms with van der Waals surface area (Å²) in [6.45, 7) is 3.30. The Morgan fingerprint density at radius 3 is 2.88 bits per heavy atom. The molecule has 5 heteroatoms. The molecule has 1 fully saturated rings. The van der Waals surface area contributed by atoms with Crippen LogP contribution in [0.2, 0.25) is 0 Å². The van der Waals surface area contributed by atoms with Crippen LogP contribution in [0.3, 0.4) is 0 Å². The highest BCUT2D eigenvalue weighted by molar-refractivity contribution is 5.30. The standard InChI is InChI=1S/C12H21N3O2/c1-8-10(12(17-3)15(2)14-8)6-13-7-11(16)9-4-5-9/h9,11,13,16H,4-7H2,1-3H3. The van der Waals surface area contributed by atoms with Crippen LogP contribution in [0.4, 0.5) is 0 Å². The average Bonchev–Trinajstić information content (AvgIpc) is 3.07. The van der Waals surface area contributed by atoms with Gasteiger partial charge in [0, 0.05) is 20.1 Å². The molecule has 2 N–H and O–H groups in total. The van der Waals surface area contributed by atoms with Crippen LogP contribution < -0.4 is 10.1 Å². The van der Waals surface area contributed by atoms with Gasteiger partial charge in [0.2, 0.25) is 5.88 Å². The molecular formula is C12H21N3O2. The zero-order chi connectivity index (χ0) is 12.4. The first-order valence-electron chi connectivity index (χ1n) is 6.08. The van der Waals surface area contributed by atoms with Gasteiger partial charge in [-0.1, -0.05) is 0 Å². The van der Waals surface area contributed by atoms with Crippen molar-refractivity contribution in [1.29, 1.82) is 0 Å². The van der Waals surface area contributed by atoms with E-state index in [1.54, 1.807) is 11.8 Å². The number of aromatic nitrogens is 2. The van der Waals surface area contributed by atoms with E-state index in [1.807, 2.05) is 14.0 Å². The molecule has 2 rings (SSSR count). The Labute approximate surface area is 102 Å². The molecule has 0 bridgehead atoms. The molecular weight excluding hydrogens is 218 g/mol. The molecule has 1 atom stereocenters. The van der Waals surface area contributed by atoms with Gasteiger partial charge in [0.1, 0.15) is 0 Å². The monoisotopic (exact) mass is 239 g/mol. The maximum absolute atomic E-state index is 9.75. The van der Waals surface area contributed by atoms with Crippen molar-refractivity contribution in [3.05, 3.63) is 11.3 Å². The highest BCUT2D eigenvalue weighted by Crippen LogP contribution is 2.32. The Morgan fingerprint density at radius 1 is 1.59 bits per heavy atom. The van der Waals surface area contributed by atoms with Gasteiger partial charge in [-0.25, -0.2) is 4.68 Å². The summed E-state index contributed by atoms with van der Waals surface area (Å²) < 4.78 is 7.05. The summed E-state index contributed by atoms with van der Waals surface area (Å²) in [4.78, 5) is 0. The van der Waals surface area contributed by atoms with Crippen LogP contribution in [0.15, 0.2) is 0 Å². The molecule has 1 saturated carbocycles. The Kier molecular flexibility index (Phi) is 3.69. The summed E-state index contributed by atoms with van der Waals surface area (Å²) in [6, 6.07) is 0. The molecule has 5 nitrogen and oxygen atoms in total. The number of methoxy groups -OCH3 is 1. The van der Waals surface area contributed by atoms with Crippen molar-refractivity contribution in [3.8, 4) is 5.88 Å². The van der Waals surface area contributed by atoms with Gasteiger partial charge in [-0.15, -0.1) is 0 Å². The third-order valence-electron chi connectivity index (χ3n) is 3.30. The molecule has 96 valence electrons. The van der Waals surface area contributed by atoms with Crippen LogP contribution in [0.25, 0.3) is 0 Å². The fraction of sp³-hybridized carbons (Fsp3) is 0.750. The average molecular weight is 239 g/mol. The predicted molar refractivity (Wildman–Crippen MR) is 64.9 cm³/mol. The van der Waals surface area contributed by atoms with Crippen LogP contribution in [0, 0.1) is 12.8 Å². The first-order chi connectivity index (χ1) is 8.13. The molecule has 1 aromatic rings. The number of hydrogen-bond acceptors (Lipinski definition) is 4. The van der Waals surface area contributed by atoms with Crippen LogP contribution in [-0.4, -0.2) is 34.6 Å². The molecule has 1 unspecified atom stereocenters. The molecule has 1 aliphatic carbocycles. The van der Waals surface area contributed by atoms with Crippen molar-refractivity contribution in [2.75, 3.05) is 13.7 Å². The van der Waals surface area contributed by atoms with Gasteiger partial charge < -0.3 is 15.2 Å². The van der Waals surface area contributed by atoms with Crippen molar-refractivity contribution >= 4 is 0 Å². The van der Waals surface area contributed by atoms with Gasteiger partial charge in [-0.3, -0.25) is 0 Å². The third-order valence-corrected chi connectivity index (χ3v) is 3.30. The van der Waals surface area contributed by atoms with E-state index in [2.05, 4.69) is 10.4 Å². The molecule has 0 aliphatic heterocycles. The Hall–Kier alpha value is -1.07. The van der Waals surface area contributed by atoms with Crippen molar-refractivity contribution in [2.24, 2.45) is 13.0 Å². The van der Waals surface area contributed by atoms with E-state index in [-0.39, 0.29) is 6.10 Å². The quantitative estimate of drug-likeness (QED) is 0.763. The number of aryl methyl sites for hydroxylation is 2. The largest absolute Gasteiger partial charge is 0.481 e. The maximum atomic E-state index is 9.75. The third kappa shape index (κ3) is 2.79. The number of rotatable bonds is 6.